The third-order valence-electron chi connectivity index (χ3n) is 4.23. The standard InChI is InChI=1S/C11H21NS/c1-10(2)8(9(10)12)7-5-6-13-11(7,3)4/h7-9H,5-6,12H2,1-4H3/t7?,8-,9-/m1/s1. The molecule has 0 bridgehead atoms. The van der Waals surface area contributed by atoms with Gasteiger partial charge in [0.25, 0.3) is 0 Å². The summed E-state index contributed by atoms with van der Waals surface area (Å²) in [5.41, 5.74) is 6.55. The SMILES string of the molecule is CC1(C)SCCC1[C@@H]1[C@@H](N)C1(C)C. The third kappa shape index (κ3) is 1.33. The van der Waals surface area contributed by atoms with Gasteiger partial charge in [0.15, 0.2) is 0 Å². The molecule has 1 unspecified atom stereocenters. The Labute approximate surface area is 85.8 Å². The highest BCUT2D eigenvalue weighted by atomic mass is 32.2. The van der Waals surface area contributed by atoms with Gasteiger partial charge in [-0.05, 0) is 29.4 Å². The van der Waals surface area contributed by atoms with E-state index in [9.17, 15) is 0 Å². The summed E-state index contributed by atoms with van der Waals surface area (Å²) in [7, 11) is 0. The zero-order chi connectivity index (χ0) is 9.85. The molecule has 0 amide bonds. The Hall–Kier alpha value is 0.310. The van der Waals surface area contributed by atoms with Crippen LogP contribution in [-0.2, 0) is 0 Å². The molecule has 1 aliphatic heterocycles. The molecule has 0 spiro atoms. The molecule has 0 aromatic heterocycles. The molecular formula is C11H21NS. The lowest BCUT2D eigenvalue weighted by Gasteiger charge is -2.27. The summed E-state index contributed by atoms with van der Waals surface area (Å²) in [4.78, 5) is 0. The van der Waals surface area contributed by atoms with Crippen LogP contribution in [0.1, 0.15) is 34.1 Å². The van der Waals surface area contributed by atoms with Crippen LogP contribution in [0.15, 0.2) is 0 Å². The first-order valence-corrected chi connectivity index (χ1v) is 6.25. The lowest BCUT2D eigenvalue weighted by molar-refractivity contribution is 0.336. The fraction of sp³-hybridized carbons (Fsp3) is 1.00. The minimum Gasteiger partial charge on any atom is -0.327 e. The van der Waals surface area contributed by atoms with Crippen molar-refractivity contribution < 1.29 is 0 Å². The number of nitrogens with two attached hydrogens (primary N) is 1. The van der Waals surface area contributed by atoms with E-state index in [2.05, 4.69) is 39.5 Å². The fourth-order valence-electron chi connectivity index (χ4n) is 3.00. The second-order valence-corrected chi connectivity index (χ2v) is 7.47. The molecule has 2 fully saturated rings. The Balaban J connectivity index is 2.11. The summed E-state index contributed by atoms with van der Waals surface area (Å²) in [6, 6.07) is 0.454. The molecule has 1 heterocycles. The summed E-state index contributed by atoms with van der Waals surface area (Å²) in [5, 5.41) is 0. The molecule has 1 saturated carbocycles. The molecule has 1 aliphatic carbocycles. The molecular weight excluding hydrogens is 178 g/mol. The number of hydrogen-bond donors (Lipinski definition) is 1. The van der Waals surface area contributed by atoms with Crippen molar-refractivity contribution >= 4 is 11.8 Å². The van der Waals surface area contributed by atoms with E-state index in [0.717, 1.165) is 11.8 Å². The zero-order valence-corrected chi connectivity index (χ0v) is 9.95. The second-order valence-electron chi connectivity index (χ2n) is 5.72. The predicted molar refractivity (Wildman–Crippen MR) is 59.9 cm³/mol. The van der Waals surface area contributed by atoms with Crippen molar-refractivity contribution in [3.63, 3.8) is 0 Å². The van der Waals surface area contributed by atoms with E-state index < -0.39 is 0 Å². The van der Waals surface area contributed by atoms with Gasteiger partial charge in [-0.2, -0.15) is 11.8 Å². The van der Waals surface area contributed by atoms with Crippen LogP contribution in [0.5, 0.6) is 0 Å². The van der Waals surface area contributed by atoms with Crippen molar-refractivity contribution in [3.8, 4) is 0 Å². The Morgan fingerprint density at radius 2 is 1.77 bits per heavy atom. The largest absolute Gasteiger partial charge is 0.327 e. The lowest BCUT2D eigenvalue weighted by Crippen LogP contribution is -2.26. The van der Waals surface area contributed by atoms with Crippen molar-refractivity contribution in [2.45, 2.75) is 44.9 Å². The van der Waals surface area contributed by atoms with Crippen LogP contribution in [0.2, 0.25) is 0 Å². The summed E-state index contributed by atoms with van der Waals surface area (Å²) < 4.78 is 0.468. The van der Waals surface area contributed by atoms with Crippen LogP contribution in [0, 0.1) is 17.3 Å². The van der Waals surface area contributed by atoms with Gasteiger partial charge in [-0.3, -0.25) is 0 Å². The second kappa shape index (κ2) is 2.66. The molecule has 2 heteroatoms. The highest BCUT2D eigenvalue weighted by molar-refractivity contribution is 8.00. The van der Waals surface area contributed by atoms with Gasteiger partial charge in [0, 0.05) is 10.8 Å². The minimum atomic E-state index is 0.410. The molecule has 0 radical (unpaired) electrons. The Kier molecular flexibility index (Phi) is 2.02. The van der Waals surface area contributed by atoms with Gasteiger partial charge in [-0.15, -0.1) is 0 Å². The number of thioether (sulfide) groups is 1. The quantitative estimate of drug-likeness (QED) is 0.702. The maximum Gasteiger partial charge on any atom is 0.0135 e. The van der Waals surface area contributed by atoms with Crippen molar-refractivity contribution in [2.24, 2.45) is 23.0 Å². The molecule has 1 saturated heterocycles. The zero-order valence-electron chi connectivity index (χ0n) is 9.13. The van der Waals surface area contributed by atoms with E-state index in [4.69, 9.17) is 5.73 Å². The summed E-state index contributed by atoms with van der Waals surface area (Å²) in [6.07, 6.45) is 1.37. The molecule has 2 aliphatic rings. The maximum absolute atomic E-state index is 6.14. The van der Waals surface area contributed by atoms with Gasteiger partial charge in [0.1, 0.15) is 0 Å². The first-order valence-electron chi connectivity index (χ1n) is 5.27. The molecule has 0 aromatic carbocycles. The van der Waals surface area contributed by atoms with Crippen molar-refractivity contribution in [2.75, 3.05) is 5.75 Å². The van der Waals surface area contributed by atoms with Crippen LogP contribution in [0.25, 0.3) is 0 Å². The monoisotopic (exact) mass is 199 g/mol. The van der Waals surface area contributed by atoms with Crippen LogP contribution >= 0.6 is 11.8 Å². The third-order valence-corrected chi connectivity index (χ3v) is 5.71. The Bertz CT molecular complexity index is 222. The molecule has 1 nitrogen and oxygen atoms in total. The highest BCUT2D eigenvalue weighted by Gasteiger charge is 2.62. The first kappa shape index (κ1) is 9.85. The summed E-state index contributed by atoms with van der Waals surface area (Å²) in [5.74, 6) is 2.96. The van der Waals surface area contributed by atoms with Gasteiger partial charge in [0.2, 0.25) is 0 Å². The maximum atomic E-state index is 6.14. The molecule has 2 rings (SSSR count). The van der Waals surface area contributed by atoms with E-state index in [0.29, 0.717) is 16.2 Å². The topological polar surface area (TPSA) is 26.0 Å². The summed E-state index contributed by atoms with van der Waals surface area (Å²) in [6.45, 7) is 9.41. The smallest absolute Gasteiger partial charge is 0.0135 e. The van der Waals surface area contributed by atoms with Crippen molar-refractivity contribution in [1.29, 1.82) is 0 Å². The predicted octanol–water partition coefficient (Wildman–Crippen LogP) is 2.50. The highest BCUT2D eigenvalue weighted by Crippen LogP contribution is 2.62. The van der Waals surface area contributed by atoms with Crippen molar-refractivity contribution in [3.05, 3.63) is 0 Å². The molecule has 2 N–H and O–H groups in total. The number of hydrogen-bond acceptors (Lipinski definition) is 2. The van der Waals surface area contributed by atoms with E-state index in [1.807, 2.05) is 0 Å². The van der Waals surface area contributed by atoms with Gasteiger partial charge < -0.3 is 5.73 Å². The van der Waals surface area contributed by atoms with E-state index in [1.54, 1.807) is 0 Å². The minimum absolute atomic E-state index is 0.410. The Morgan fingerprint density at radius 3 is 2.08 bits per heavy atom. The first-order chi connectivity index (χ1) is 5.87. The van der Waals surface area contributed by atoms with Crippen molar-refractivity contribution in [1.82, 2.24) is 0 Å². The van der Waals surface area contributed by atoms with Crippen LogP contribution in [-0.4, -0.2) is 16.5 Å². The van der Waals surface area contributed by atoms with Crippen LogP contribution in [0.3, 0.4) is 0 Å². The van der Waals surface area contributed by atoms with Gasteiger partial charge in [0.05, 0.1) is 0 Å². The molecule has 13 heavy (non-hydrogen) atoms. The van der Waals surface area contributed by atoms with Crippen LogP contribution < -0.4 is 5.73 Å². The fourth-order valence-corrected chi connectivity index (χ4v) is 4.38. The van der Waals surface area contributed by atoms with Gasteiger partial charge >= 0.3 is 0 Å². The Morgan fingerprint density at radius 1 is 1.23 bits per heavy atom. The average molecular weight is 199 g/mol. The van der Waals surface area contributed by atoms with Gasteiger partial charge in [-0.25, -0.2) is 0 Å². The molecule has 0 aromatic rings. The average Bonchev–Trinajstić information content (AvgIpc) is 2.37. The molecule has 3 atom stereocenters. The van der Waals surface area contributed by atoms with E-state index in [-0.39, 0.29) is 0 Å². The van der Waals surface area contributed by atoms with Crippen LogP contribution in [0.4, 0.5) is 0 Å². The van der Waals surface area contributed by atoms with E-state index >= 15 is 0 Å². The normalized spacial score (nSPS) is 46.4. The van der Waals surface area contributed by atoms with E-state index in [1.165, 1.54) is 12.2 Å². The number of rotatable bonds is 1. The summed E-state index contributed by atoms with van der Waals surface area (Å²) >= 11 is 2.12. The lowest BCUT2D eigenvalue weighted by atomic mass is 9.85. The van der Waals surface area contributed by atoms with Gasteiger partial charge in [-0.1, -0.05) is 27.7 Å². The molecule has 76 valence electrons.